The van der Waals surface area contributed by atoms with Crippen LogP contribution in [0.5, 0.6) is 0 Å². The van der Waals surface area contributed by atoms with Crippen molar-refractivity contribution in [1.82, 2.24) is 19.9 Å². The molecule has 0 aliphatic rings. The van der Waals surface area contributed by atoms with Gasteiger partial charge in [-0.05, 0) is 56.9 Å². The topological polar surface area (TPSA) is 71.3 Å². The van der Waals surface area contributed by atoms with Crippen molar-refractivity contribution >= 4 is 62.6 Å². The summed E-state index contributed by atoms with van der Waals surface area (Å²) in [6.45, 7) is 1.01. The monoisotopic (exact) mass is 605 g/mol. The fraction of sp³-hybridized carbons (Fsp3) is 0.0690. The number of halogens is 3. The molecule has 2 heterocycles. The molecule has 0 radical (unpaired) electrons. The lowest BCUT2D eigenvalue weighted by Gasteiger charge is -2.12. The number of carbonyl (C=O) groups is 1. The number of fused-ring (bicyclic) bond motifs is 1. The number of benzene rings is 3. The van der Waals surface area contributed by atoms with E-state index in [0.717, 1.165) is 38.2 Å². The molecule has 5 rings (SSSR count). The maximum absolute atomic E-state index is 12.2. The van der Waals surface area contributed by atoms with Crippen LogP contribution in [0.2, 0.25) is 10.0 Å². The molecule has 0 saturated carbocycles. The minimum absolute atomic E-state index is 0.169. The number of hydrogen-bond donors (Lipinski definition) is 2. The van der Waals surface area contributed by atoms with Crippen LogP contribution in [0.25, 0.3) is 23.0 Å². The largest absolute Gasteiger partial charge is 0.366 e. The highest BCUT2D eigenvalue weighted by Gasteiger charge is 2.13. The smallest absolute Gasteiger partial charge is 0.244 e. The Morgan fingerprint density at radius 1 is 0.947 bits per heavy atom. The predicted molar refractivity (Wildman–Crippen MR) is 157 cm³/mol. The first kappa shape index (κ1) is 26.0. The third-order valence-electron chi connectivity index (χ3n) is 5.82. The summed E-state index contributed by atoms with van der Waals surface area (Å²) in [6, 6.07) is 25.0. The average Bonchev–Trinajstić information content (AvgIpc) is 3.31. The van der Waals surface area contributed by atoms with E-state index in [1.807, 2.05) is 66.7 Å². The van der Waals surface area contributed by atoms with Crippen molar-refractivity contribution in [3.8, 4) is 11.3 Å². The molecular formula is C29H22BrCl2N5O. The number of rotatable bonds is 8. The Kier molecular flexibility index (Phi) is 8.08. The molecule has 0 fully saturated rings. The predicted octanol–water partition coefficient (Wildman–Crippen LogP) is 7.41. The Labute approximate surface area is 238 Å². The summed E-state index contributed by atoms with van der Waals surface area (Å²) in [7, 11) is 0. The number of aromatic nitrogens is 3. The molecule has 0 aliphatic carbocycles. The van der Waals surface area contributed by atoms with Crippen molar-refractivity contribution in [1.29, 1.82) is 0 Å². The minimum Gasteiger partial charge on any atom is -0.366 e. The van der Waals surface area contributed by atoms with Crippen molar-refractivity contribution in [2.24, 2.45) is 0 Å². The summed E-state index contributed by atoms with van der Waals surface area (Å²) in [4.78, 5) is 16.9. The fourth-order valence-corrected chi connectivity index (χ4v) is 4.65. The first-order valence-corrected chi connectivity index (χ1v) is 13.3. The van der Waals surface area contributed by atoms with Crippen LogP contribution >= 0.6 is 39.1 Å². The van der Waals surface area contributed by atoms with Crippen LogP contribution in [0.4, 0.5) is 5.82 Å². The van der Waals surface area contributed by atoms with E-state index in [-0.39, 0.29) is 5.91 Å². The Morgan fingerprint density at radius 2 is 1.71 bits per heavy atom. The molecule has 0 aliphatic heterocycles. The molecule has 3 aromatic carbocycles. The van der Waals surface area contributed by atoms with Crippen molar-refractivity contribution < 1.29 is 4.79 Å². The molecule has 1 amide bonds. The maximum atomic E-state index is 12.2. The summed E-state index contributed by atoms with van der Waals surface area (Å²) in [5, 5.41) is 12.1. The maximum Gasteiger partial charge on any atom is 0.244 e. The van der Waals surface area contributed by atoms with Gasteiger partial charge in [0.1, 0.15) is 5.82 Å². The van der Waals surface area contributed by atoms with Gasteiger partial charge in [0.05, 0.1) is 16.4 Å². The van der Waals surface area contributed by atoms with Gasteiger partial charge < -0.3 is 10.6 Å². The summed E-state index contributed by atoms with van der Waals surface area (Å²) >= 11 is 15.9. The molecule has 0 atom stereocenters. The number of carbonyl (C=O) groups excluding carboxylic acids is 1. The Hall–Kier alpha value is -3.65. The summed E-state index contributed by atoms with van der Waals surface area (Å²) in [5.41, 5.74) is 5.25. The van der Waals surface area contributed by atoms with Crippen LogP contribution < -0.4 is 10.6 Å². The average molecular weight is 607 g/mol. The van der Waals surface area contributed by atoms with Gasteiger partial charge in [-0.3, -0.25) is 4.79 Å². The standard InChI is InChI=1S/C29H22BrCl2N5O/c30-24-18-35-37-27(15-26(36-29(24)37)23-6-1-2-7-25(23)32)33-16-20-8-10-21(11-9-20)17-34-28(38)13-12-19-4-3-5-22(31)14-19/h1-15,18,33H,16-17H2,(H,34,38)/b13-12+. The number of amides is 1. The molecule has 2 aromatic heterocycles. The molecule has 190 valence electrons. The van der Waals surface area contributed by atoms with E-state index in [1.54, 1.807) is 28.9 Å². The molecule has 38 heavy (non-hydrogen) atoms. The lowest BCUT2D eigenvalue weighted by molar-refractivity contribution is -0.116. The zero-order valence-electron chi connectivity index (χ0n) is 20.0. The zero-order valence-corrected chi connectivity index (χ0v) is 23.1. The van der Waals surface area contributed by atoms with Crippen molar-refractivity contribution in [3.05, 3.63) is 122 Å². The number of hydrogen-bond acceptors (Lipinski definition) is 4. The highest BCUT2D eigenvalue weighted by Crippen LogP contribution is 2.30. The first-order valence-electron chi connectivity index (χ1n) is 11.8. The Bertz CT molecular complexity index is 1630. The van der Waals surface area contributed by atoms with Gasteiger partial charge in [0.25, 0.3) is 0 Å². The van der Waals surface area contributed by atoms with Crippen LogP contribution in [0.3, 0.4) is 0 Å². The molecule has 5 aromatic rings. The molecule has 9 heteroatoms. The van der Waals surface area contributed by atoms with Gasteiger partial charge in [-0.25, -0.2) is 4.98 Å². The van der Waals surface area contributed by atoms with Gasteiger partial charge in [0.15, 0.2) is 5.65 Å². The van der Waals surface area contributed by atoms with E-state index in [0.29, 0.717) is 28.8 Å². The third kappa shape index (κ3) is 6.25. The first-order chi connectivity index (χ1) is 18.5. The van der Waals surface area contributed by atoms with Gasteiger partial charge in [-0.2, -0.15) is 9.61 Å². The lowest BCUT2D eigenvalue weighted by Crippen LogP contribution is -2.20. The van der Waals surface area contributed by atoms with Gasteiger partial charge in [0, 0.05) is 40.8 Å². The van der Waals surface area contributed by atoms with E-state index >= 15 is 0 Å². The lowest BCUT2D eigenvalue weighted by atomic mass is 10.1. The molecule has 0 unspecified atom stereocenters. The van der Waals surface area contributed by atoms with E-state index in [4.69, 9.17) is 28.2 Å². The highest BCUT2D eigenvalue weighted by atomic mass is 79.9. The van der Waals surface area contributed by atoms with E-state index < -0.39 is 0 Å². The second kappa shape index (κ2) is 11.8. The molecule has 0 bridgehead atoms. The minimum atomic E-state index is -0.169. The van der Waals surface area contributed by atoms with Gasteiger partial charge in [-0.15, -0.1) is 0 Å². The Morgan fingerprint density at radius 3 is 2.47 bits per heavy atom. The number of anilines is 1. The van der Waals surface area contributed by atoms with E-state index in [2.05, 4.69) is 31.7 Å². The van der Waals surface area contributed by atoms with Crippen LogP contribution in [-0.4, -0.2) is 20.5 Å². The quantitative estimate of drug-likeness (QED) is 0.180. The van der Waals surface area contributed by atoms with Crippen LogP contribution in [0, 0.1) is 0 Å². The second-order valence-corrected chi connectivity index (χ2v) is 10.2. The summed E-state index contributed by atoms with van der Waals surface area (Å²) < 4.78 is 2.55. The summed E-state index contributed by atoms with van der Waals surface area (Å²) in [6.07, 6.45) is 4.96. The second-order valence-electron chi connectivity index (χ2n) is 8.51. The van der Waals surface area contributed by atoms with Gasteiger partial charge >= 0.3 is 0 Å². The molecule has 0 saturated heterocycles. The zero-order chi connectivity index (χ0) is 26.5. The molecule has 6 nitrogen and oxygen atoms in total. The Balaban J connectivity index is 1.23. The third-order valence-corrected chi connectivity index (χ3v) is 6.94. The van der Waals surface area contributed by atoms with Gasteiger partial charge in [-0.1, -0.05) is 77.8 Å². The molecule has 0 spiro atoms. The van der Waals surface area contributed by atoms with Crippen LogP contribution in [-0.2, 0) is 17.9 Å². The SMILES string of the molecule is O=C(/C=C/c1cccc(Cl)c1)NCc1ccc(CNc2cc(-c3ccccc3Cl)nc3c(Br)cnn23)cc1. The number of nitrogens with one attached hydrogen (secondary N) is 2. The fourth-order valence-electron chi connectivity index (χ4n) is 3.87. The summed E-state index contributed by atoms with van der Waals surface area (Å²) in [5.74, 6) is 0.621. The normalized spacial score (nSPS) is 11.2. The number of nitrogens with zero attached hydrogens (tertiary/aromatic N) is 3. The van der Waals surface area contributed by atoms with Crippen molar-refractivity contribution in [2.75, 3.05) is 5.32 Å². The van der Waals surface area contributed by atoms with Crippen LogP contribution in [0.1, 0.15) is 16.7 Å². The molecular weight excluding hydrogens is 585 g/mol. The van der Waals surface area contributed by atoms with Gasteiger partial charge in [0.2, 0.25) is 5.91 Å². The molecule has 2 N–H and O–H groups in total. The van der Waals surface area contributed by atoms with Crippen LogP contribution in [0.15, 0.2) is 95.6 Å². The van der Waals surface area contributed by atoms with Crippen molar-refractivity contribution in [2.45, 2.75) is 13.1 Å². The van der Waals surface area contributed by atoms with E-state index in [1.165, 1.54) is 6.08 Å². The van der Waals surface area contributed by atoms with Crippen molar-refractivity contribution in [3.63, 3.8) is 0 Å². The van der Waals surface area contributed by atoms with E-state index in [9.17, 15) is 4.79 Å². The highest BCUT2D eigenvalue weighted by molar-refractivity contribution is 9.10.